The summed E-state index contributed by atoms with van der Waals surface area (Å²) in [4.78, 5) is 13.5. The number of carbonyl (C=O) groups is 1. The molecule has 0 spiro atoms. The second-order valence-electron chi connectivity index (χ2n) is 4.83. The van der Waals surface area contributed by atoms with Crippen LogP contribution in [0.1, 0.15) is 23.2 Å². The lowest BCUT2D eigenvalue weighted by atomic mass is 10.1. The van der Waals surface area contributed by atoms with Crippen LogP contribution in [0.2, 0.25) is 0 Å². The summed E-state index contributed by atoms with van der Waals surface area (Å²) in [5, 5.41) is 0. The van der Waals surface area contributed by atoms with Crippen molar-refractivity contribution < 1.29 is 22.3 Å². The first-order valence-electron chi connectivity index (χ1n) is 6.39. The monoisotopic (exact) mass is 335 g/mol. The summed E-state index contributed by atoms with van der Waals surface area (Å²) < 4.78 is 41.6. The molecule has 116 valence electrons. The molecule has 0 radical (unpaired) electrons. The third kappa shape index (κ3) is 3.72. The molecule has 0 bridgehead atoms. The van der Waals surface area contributed by atoms with Gasteiger partial charge in [-0.2, -0.15) is 0 Å². The van der Waals surface area contributed by atoms with E-state index in [9.17, 15) is 17.6 Å². The number of benzene rings is 1. The van der Waals surface area contributed by atoms with E-state index in [-0.39, 0.29) is 16.6 Å². The summed E-state index contributed by atoms with van der Waals surface area (Å²) in [6.07, 6.45) is 1.46. The van der Waals surface area contributed by atoms with Crippen LogP contribution in [0.4, 0.5) is 4.39 Å². The van der Waals surface area contributed by atoms with Crippen molar-refractivity contribution in [3.05, 3.63) is 29.6 Å². The fourth-order valence-electron chi connectivity index (χ4n) is 2.37. The number of hydrogen-bond donors (Lipinski definition) is 0. The predicted molar refractivity (Wildman–Crippen MR) is 75.4 cm³/mol. The number of likely N-dealkylation sites (tertiary alicyclic amines) is 1. The van der Waals surface area contributed by atoms with Crippen molar-refractivity contribution in [2.45, 2.75) is 23.8 Å². The Bertz CT molecular complexity index is 650. The Morgan fingerprint density at radius 3 is 2.81 bits per heavy atom. The zero-order valence-corrected chi connectivity index (χ0v) is 13.0. The van der Waals surface area contributed by atoms with Gasteiger partial charge in [-0.1, -0.05) is 0 Å². The average molecular weight is 336 g/mol. The lowest BCUT2D eigenvalue weighted by Gasteiger charge is -2.32. The van der Waals surface area contributed by atoms with Crippen LogP contribution >= 0.6 is 10.7 Å². The molecule has 0 saturated carbocycles. The van der Waals surface area contributed by atoms with Gasteiger partial charge in [0, 0.05) is 30.9 Å². The Hall–Kier alpha value is -1.18. The van der Waals surface area contributed by atoms with E-state index in [1.165, 1.54) is 4.90 Å². The van der Waals surface area contributed by atoms with Gasteiger partial charge in [0.15, 0.2) is 0 Å². The second-order valence-corrected chi connectivity index (χ2v) is 7.36. The fourth-order valence-corrected chi connectivity index (χ4v) is 3.41. The highest BCUT2D eigenvalue weighted by molar-refractivity contribution is 8.13. The number of ether oxygens (including phenoxy) is 1. The number of halogens is 2. The zero-order valence-electron chi connectivity index (χ0n) is 11.4. The molecule has 1 amide bonds. The Morgan fingerprint density at radius 2 is 2.19 bits per heavy atom. The van der Waals surface area contributed by atoms with Gasteiger partial charge in [0.1, 0.15) is 5.82 Å². The highest BCUT2D eigenvalue weighted by Gasteiger charge is 2.28. The van der Waals surface area contributed by atoms with Crippen molar-refractivity contribution in [3.63, 3.8) is 0 Å². The molecule has 5 nitrogen and oxygen atoms in total. The van der Waals surface area contributed by atoms with E-state index >= 15 is 0 Å². The molecule has 8 heteroatoms. The molecule has 0 aliphatic carbocycles. The molecule has 1 unspecified atom stereocenters. The maximum absolute atomic E-state index is 13.4. The standard InChI is InChI=1S/C13H15ClFNO4S/c1-20-10-3-2-6-16(8-10)13(17)11-7-9(15)4-5-12(11)21(14,18)19/h4-5,7,10H,2-3,6,8H2,1H3. The van der Waals surface area contributed by atoms with Crippen LogP contribution in [-0.4, -0.2) is 45.5 Å². The van der Waals surface area contributed by atoms with Crippen molar-refractivity contribution in [2.75, 3.05) is 20.2 Å². The molecule has 1 aromatic rings. The number of methoxy groups -OCH3 is 1. The van der Waals surface area contributed by atoms with Crippen LogP contribution in [-0.2, 0) is 13.8 Å². The predicted octanol–water partition coefficient (Wildman–Crippen LogP) is 2.00. The molecule has 1 saturated heterocycles. The largest absolute Gasteiger partial charge is 0.380 e. The van der Waals surface area contributed by atoms with Crippen LogP contribution in [0, 0.1) is 5.82 Å². The van der Waals surface area contributed by atoms with E-state index in [4.69, 9.17) is 15.4 Å². The first kappa shape index (κ1) is 16.2. The van der Waals surface area contributed by atoms with Crippen molar-refractivity contribution >= 4 is 25.6 Å². The van der Waals surface area contributed by atoms with E-state index in [0.29, 0.717) is 13.1 Å². The smallest absolute Gasteiger partial charge is 0.262 e. The molecule has 2 rings (SSSR count). The number of nitrogens with zero attached hydrogens (tertiary/aromatic N) is 1. The minimum atomic E-state index is -4.13. The second kappa shape index (κ2) is 6.29. The maximum atomic E-state index is 13.4. The summed E-state index contributed by atoms with van der Waals surface area (Å²) in [7, 11) is 2.73. The maximum Gasteiger partial charge on any atom is 0.262 e. The van der Waals surface area contributed by atoms with Gasteiger partial charge in [-0.25, -0.2) is 12.8 Å². The summed E-state index contributed by atoms with van der Waals surface area (Å²) in [5.74, 6) is -1.25. The number of carbonyl (C=O) groups excluding carboxylic acids is 1. The first-order valence-corrected chi connectivity index (χ1v) is 8.70. The molecule has 1 heterocycles. The van der Waals surface area contributed by atoms with E-state index in [0.717, 1.165) is 31.0 Å². The molecule has 1 atom stereocenters. The molecule has 1 aliphatic rings. The van der Waals surface area contributed by atoms with Gasteiger partial charge in [-0.3, -0.25) is 4.79 Å². The molecular formula is C13H15ClFNO4S. The molecule has 1 aliphatic heterocycles. The van der Waals surface area contributed by atoms with Crippen molar-refractivity contribution in [1.82, 2.24) is 4.90 Å². The quantitative estimate of drug-likeness (QED) is 0.793. The van der Waals surface area contributed by atoms with Gasteiger partial charge < -0.3 is 9.64 Å². The average Bonchev–Trinajstić information content (AvgIpc) is 2.45. The minimum absolute atomic E-state index is 0.104. The number of piperidine rings is 1. The SMILES string of the molecule is COC1CCCN(C(=O)c2cc(F)ccc2S(=O)(=O)Cl)C1. The summed E-state index contributed by atoms with van der Waals surface area (Å²) in [6, 6.07) is 2.86. The summed E-state index contributed by atoms with van der Waals surface area (Å²) >= 11 is 0. The third-order valence-electron chi connectivity index (χ3n) is 3.43. The Morgan fingerprint density at radius 1 is 1.48 bits per heavy atom. The van der Waals surface area contributed by atoms with E-state index in [1.54, 1.807) is 7.11 Å². The van der Waals surface area contributed by atoms with Gasteiger partial charge in [0.05, 0.1) is 16.6 Å². The fraction of sp³-hybridized carbons (Fsp3) is 0.462. The van der Waals surface area contributed by atoms with Crippen LogP contribution in [0.25, 0.3) is 0 Å². The zero-order chi connectivity index (χ0) is 15.6. The number of rotatable bonds is 3. The van der Waals surface area contributed by atoms with Crippen LogP contribution < -0.4 is 0 Å². The van der Waals surface area contributed by atoms with E-state index in [1.807, 2.05) is 0 Å². The topological polar surface area (TPSA) is 63.7 Å². The van der Waals surface area contributed by atoms with Crippen molar-refractivity contribution in [3.8, 4) is 0 Å². The van der Waals surface area contributed by atoms with Crippen LogP contribution in [0.3, 0.4) is 0 Å². The van der Waals surface area contributed by atoms with Gasteiger partial charge >= 0.3 is 0 Å². The van der Waals surface area contributed by atoms with Gasteiger partial charge in [0.25, 0.3) is 15.0 Å². The van der Waals surface area contributed by atoms with Gasteiger partial charge in [0.2, 0.25) is 0 Å². The minimum Gasteiger partial charge on any atom is -0.380 e. The molecule has 21 heavy (non-hydrogen) atoms. The Kier molecular flexibility index (Phi) is 4.85. The first-order chi connectivity index (χ1) is 9.82. The molecular weight excluding hydrogens is 321 g/mol. The van der Waals surface area contributed by atoms with Crippen molar-refractivity contribution in [1.29, 1.82) is 0 Å². The van der Waals surface area contributed by atoms with Gasteiger partial charge in [-0.05, 0) is 31.0 Å². The molecule has 0 aromatic heterocycles. The summed E-state index contributed by atoms with van der Waals surface area (Å²) in [5.41, 5.74) is -0.248. The molecule has 1 fully saturated rings. The van der Waals surface area contributed by atoms with Crippen LogP contribution in [0.15, 0.2) is 23.1 Å². The highest BCUT2D eigenvalue weighted by atomic mass is 35.7. The molecule has 1 aromatic carbocycles. The van der Waals surface area contributed by atoms with Crippen molar-refractivity contribution in [2.24, 2.45) is 0 Å². The lowest BCUT2D eigenvalue weighted by molar-refractivity contribution is 0.0266. The number of amides is 1. The summed E-state index contributed by atoms with van der Waals surface area (Å²) in [6.45, 7) is 0.810. The van der Waals surface area contributed by atoms with Crippen LogP contribution in [0.5, 0.6) is 0 Å². The third-order valence-corrected chi connectivity index (χ3v) is 4.81. The number of hydrogen-bond acceptors (Lipinski definition) is 4. The van der Waals surface area contributed by atoms with Gasteiger partial charge in [-0.15, -0.1) is 0 Å². The lowest BCUT2D eigenvalue weighted by Crippen LogP contribution is -2.43. The Labute approximate surface area is 127 Å². The highest BCUT2D eigenvalue weighted by Crippen LogP contribution is 2.24. The van der Waals surface area contributed by atoms with E-state index in [2.05, 4.69) is 0 Å². The van der Waals surface area contributed by atoms with E-state index < -0.39 is 20.8 Å². The molecule has 0 N–H and O–H groups in total. The normalized spacial score (nSPS) is 19.6. The Balaban J connectivity index is 2.37.